The molecule has 2 heterocycles. The number of hydrogen-bond donors (Lipinski definition) is 0. The number of ether oxygens (including phenoxy) is 2. The Kier molecular flexibility index (Phi) is 6.49. The standard InChI is InChI=1S/C18H17BrFN5O4/c1-3-24-10-21-18(23-24)12-6-11(7-15(25(26)27)17(12)28-2)8-29-9-14-13(20)4-5-16(19)22-14/h4-7,10H,3,8-9H2,1-2H3. The molecule has 0 spiro atoms. The van der Waals surface area contributed by atoms with Crippen LogP contribution in [0.5, 0.6) is 5.75 Å². The van der Waals surface area contributed by atoms with Gasteiger partial charge < -0.3 is 9.47 Å². The highest BCUT2D eigenvalue weighted by atomic mass is 79.9. The Hall–Kier alpha value is -2.92. The highest BCUT2D eigenvalue weighted by molar-refractivity contribution is 9.10. The SMILES string of the molecule is CCn1cnc(-c2cc(COCc3nc(Br)ccc3F)cc([N+](=O)[O-])c2OC)n1. The van der Waals surface area contributed by atoms with Crippen LogP contribution in [0, 0.1) is 15.9 Å². The number of nitrogens with zero attached hydrogens (tertiary/aromatic N) is 5. The molecule has 0 aliphatic carbocycles. The normalized spacial score (nSPS) is 10.9. The predicted molar refractivity (Wildman–Crippen MR) is 105 cm³/mol. The molecule has 0 aliphatic heterocycles. The van der Waals surface area contributed by atoms with Crippen LogP contribution in [-0.2, 0) is 24.5 Å². The fraction of sp³-hybridized carbons (Fsp3) is 0.278. The number of benzene rings is 1. The molecule has 0 bridgehead atoms. The average molecular weight is 466 g/mol. The van der Waals surface area contributed by atoms with Gasteiger partial charge >= 0.3 is 5.69 Å². The molecule has 1 aromatic carbocycles. The maximum atomic E-state index is 13.8. The molecule has 0 saturated heterocycles. The fourth-order valence-corrected chi connectivity index (χ4v) is 3.01. The van der Waals surface area contributed by atoms with Crippen LogP contribution in [0.1, 0.15) is 18.2 Å². The van der Waals surface area contributed by atoms with Crippen LogP contribution in [0.4, 0.5) is 10.1 Å². The molecule has 0 unspecified atom stereocenters. The number of aromatic nitrogens is 4. The van der Waals surface area contributed by atoms with Crippen molar-refractivity contribution < 1.29 is 18.8 Å². The zero-order valence-electron chi connectivity index (χ0n) is 15.6. The number of nitro groups is 1. The van der Waals surface area contributed by atoms with E-state index >= 15 is 0 Å². The van der Waals surface area contributed by atoms with E-state index in [0.29, 0.717) is 28.1 Å². The van der Waals surface area contributed by atoms with Gasteiger partial charge in [-0.15, -0.1) is 0 Å². The Morgan fingerprint density at radius 2 is 2.10 bits per heavy atom. The van der Waals surface area contributed by atoms with E-state index in [4.69, 9.17) is 9.47 Å². The lowest BCUT2D eigenvalue weighted by atomic mass is 10.1. The third kappa shape index (κ3) is 4.74. The molecule has 0 saturated carbocycles. The number of halogens is 2. The van der Waals surface area contributed by atoms with Gasteiger partial charge in [0.2, 0.25) is 5.75 Å². The molecule has 2 aromatic heterocycles. The zero-order chi connectivity index (χ0) is 21.0. The van der Waals surface area contributed by atoms with Gasteiger partial charge in [-0.2, -0.15) is 5.10 Å². The molecule has 11 heteroatoms. The quantitative estimate of drug-likeness (QED) is 0.282. The second-order valence-electron chi connectivity index (χ2n) is 5.93. The summed E-state index contributed by atoms with van der Waals surface area (Å²) in [6.07, 6.45) is 1.53. The van der Waals surface area contributed by atoms with Crippen LogP contribution >= 0.6 is 15.9 Å². The molecule has 0 N–H and O–H groups in total. The van der Waals surface area contributed by atoms with Crippen molar-refractivity contribution in [2.24, 2.45) is 0 Å². The van der Waals surface area contributed by atoms with Crippen molar-refractivity contribution in [1.82, 2.24) is 19.7 Å². The van der Waals surface area contributed by atoms with Gasteiger partial charge in [0.05, 0.1) is 30.8 Å². The highest BCUT2D eigenvalue weighted by Crippen LogP contribution is 2.38. The molecule has 29 heavy (non-hydrogen) atoms. The molecule has 0 radical (unpaired) electrons. The molecular formula is C18H17BrFN5O4. The van der Waals surface area contributed by atoms with Crippen LogP contribution in [-0.4, -0.2) is 31.8 Å². The average Bonchev–Trinajstić information content (AvgIpc) is 3.19. The number of hydrogen-bond acceptors (Lipinski definition) is 7. The Bertz CT molecular complexity index is 1040. The maximum absolute atomic E-state index is 13.8. The van der Waals surface area contributed by atoms with E-state index in [2.05, 4.69) is 31.0 Å². The lowest BCUT2D eigenvalue weighted by Crippen LogP contribution is -2.03. The Labute approximate surface area is 173 Å². The summed E-state index contributed by atoms with van der Waals surface area (Å²) in [4.78, 5) is 19.2. The zero-order valence-corrected chi connectivity index (χ0v) is 17.2. The predicted octanol–water partition coefficient (Wildman–Crippen LogP) is 3.90. The number of pyridine rings is 1. The van der Waals surface area contributed by atoms with Crippen molar-refractivity contribution in [3.63, 3.8) is 0 Å². The summed E-state index contributed by atoms with van der Waals surface area (Å²) in [6.45, 7) is 2.41. The summed E-state index contributed by atoms with van der Waals surface area (Å²) >= 11 is 3.18. The minimum absolute atomic E-state index is 0.0000457. The van der Waals surface area contributed by atoms with E-state index in [9.17, 15) is 14.5 Å². The van der Waals surface area contributed by atoms with Gasteiger partial charge in [0, 0.05) is 12.6 Å². The highest BCUT2D eigenvalue weighted by Gasteiger charge is 2.24. The van der Waals surface area contributed by atoms with Gasteiger partial charge in [0.1, 0.15) is 22.4 Å². The smallest absolute Gasteiger partial charge is 0.312 e. The minimum atomic E-state index is -0.543. The van der Waals surface area contributed by atoms with Crippen molar-refractivity contribution in [3.8, 4) is 17.1 Å². The molecule has 0 fully saturated rings. The third-order valence-corrected chi connectivity index (χ3v) is 4.47. The van der Waals surface area contributed by atoms with Crippen molar-refractivity contribution in [2.45, 2.75) is 26.7 Å². The van der Waals surface area contributed by atoms with E-state index < -0.39 is 10.7 Å². The topological polar surface area (TPSA) is 105 Å². The monoisotopic (exact) mass is 465 g/mol. The third-order valence-electron chi connectivity index (χ3n) is 4.02. The van der Waals surface area contributed by atoms with Gasteiger partial charge in [-0.25, -0.2) is 14.4 Å². The first-order valence-electron chi connectivity index (χ1n) is 8.56. The summed E-state index contributed by atoms with van der Waals surface area (Å²) in [5.74, 6) is -0.135. The Morgan fingerprint density at radius 1 is 1.31 bits per heavy atom. The molecule has 0 aliphatic rings. The van der Waals surface area contributed by atoms with Gasteiger partial charge in [-0.3, -0.25) is 14.8 Å². The summed E-state index contributed by atoms with van der Waals surface area (Å²) in [6, 6.07) is 5.78. The Morgan fingerprint density at radius 3 is 2.76 bits per heavy atom. The van der Waals surface area contributed by atoms with Crippen molar-refractivity contribution in [1.29, 1.82) is 0 Å². The van der Waals surface area contributed by atoms with Gasteiger partial charge in [0.15, 0.2) is 5.82 Å². The van der Waals surface area contributed by atoms with E-state index in [1.165, 1.54) is 31.6 Å². The Balaban J connectivity index is 1.90. The second kappa shape index (κ2) is 9.05. The summed E-state index contributed by atoms with van der Waals surface area (Å²) < 4.78 is 26.7. The first-order chi connectivity index (χ1) is 13.9. The van der Waals surface area contributed by atoms with Crippen molar-refractivity contribution in [3.05, 3.63) is 62.4 Å². The van der Waals surface area contributed by atoms with Crippen LogP contribution < -0.4 is 4.74 Å². The molecule has 0 amide bonds. The number of methoxy groups -OCH3 is 1. The van der Waals surface area contributed by atoms with E-state index in [-0.39, 0.29) is 30.3 Å². The van der Waals surface area contributed by atoms with Crippen LogP contribution in [0.2, 0.25) is 0 Å². The van der Waals surface area contributed by atoms with Crippen molar-refractivity contribution >= 4 is 21.6 Å². The van der Waals surface area contributed by atoms with Crippen LogP contribution in [0.25, 0.3) is 11.4 Å². The van der Waals surface area contributed by atoms with Gasteiger partial charge in [-0.05, 0) is 46.6 Å². The maximum Gasteiger partial charge on any atom is 0.312 e. The van der Waals surface area contributed by atoms with E-state index in [1.54, 1.807) is 10.7 Å². The largest absolute Gasteiger partial charge is 0.490 e. The number of aryl methyl sites for hydroxylation is 1. The lowest BCUT2D eigenvalue weighted by Gasteiger charge is -2.10. The number of nitro benzene ring substituents is 1. The van der Waals surface area contributed by atoms with E-state index in [0.717, 1.165) is 0 Å². The number of rotatable bonds is 8. The van der Waals surface area contributed by atoms with Gasteiger partial charge in [-0.1, -0.05) is 0 Å². The first-order valence-corrected chi connectivity index (χ1v) is 9.36. The summed E-state index contributed by atoms with van der Waals surface area (Å²) in [7, 11) is 1.35. The molecule has 3 aromatic rings. The van der Waals surface area contributed by atoms with Gasteiger partial charge in [0.25, 0.3) is 0 Å². The van der Waals surface area contributed by atoms with Crippen LogP contribution in [0.3, 0.4) is 0 Å². The summed E-state index contributed by atoms with van der Waals surface area (Å²) in [5.41, 5.74) is 0.768. The lowest BCUT2D eigenvalue weighted by molar-refractivity contribution is -0.385. The summed E-state index contributed by atoms with van der Waals surface area (Å²) in [5, 5.41) is 15.8. The van der Waals surface area contributed by atoms with Crippen LogP contribution in [0.15, 0.2) is 35.2 Å². The molecule has 152 valence electrons. The van der Waals surface area contributed by atoms with Crippen molar-refractivity contribution in [2.75, 3.05) is 7.11 Å². The fourth-order valence-electron chi connectivity index (χ4n) is 2.67. The molecular weight excluding hydrogens is 449 g/mol. The second-order valence-corrected chi connectivity index (χ2v) is 6.74. The minimum Gasteiger partial charge on any atom is -0.490 e. The molecule has 9 nitrogen and oxygen atoms in total. The van der Waals surface area contributed by atoms with E-state index in [1.807, 2.05) is 6.92 Å². The molecule has 0 atom stereocenters. The first kappa shape index (κ1) is 20.8. The molecule has 3 rings (SSSR count).